The molecule has 0 aliphatic carbocycles. The van der Waals surface area contributed by atoms with Crippen molar-refractivity contribution in [3.8, 4) is 5.75 Å². The van der Waals surface area contributed by atoms with Gasteiger partial charge in [-0.3, -0.25) is 0 Å². The number of benzene rings is 5. The van der Waals surface area contributed by atoms with Crippen LogP contribution in [0.25, 0.3) is 0 Å². The Bertz CT molecular complexity index is 1560. The van der Waals surface area contributed by atoms with E-state index in [-0.39, 0.29) is 0 Å². The average molecular weight is 720 g/mol. The van der Waals surface area contributed by atoms with Gasteiger partial charge in [-0.15, -0.1) is 0 Å². The Morgan fingerprint density at radius 1 is 0.373 bits per heavy atom. The monoisotopic (exact) mass is 719 g/mol. The summed E-state index contributed by atoms with van der Waals surface area (Å²) in [5.41, 5.74) is 6.13. The molecule has 5 rings (SSSR count). The normalized spacial score (nSPS) is 11.1. The van der Waals surface area contributed by atoms with E-state index < -0.39 is 15.8 Å². The number of nitrogens with zero attached hydrogens (tertiary/aromatic N) is 5. The van der Waals surface area contributed by atoms with Gasteiger partial charge in [-0.25, -0.2) is 0 Å². The molecule has 0 aromatic heterocycles. The summed E-state index contributed by atoms with van der Waals surface area (Å²) in [6.07, 6.45) is 2.11. The lowest BCUT2D eigenvalue weighted by molar-refractivity contribution is 0.415. The minimum atomic E-state index is -0.587. The van der Waals surface area contributed by atoms with Crippen molar-refractivity contribution in [3.63, 3.8) is 0 Å². The van der Waals surface area contributed by atoms with E-state index in [1.54, 1.807) is 7.11 Å². The highest BCUT2D eigenvalue weighted by molar-refractivity contribution is 7.73. The van der Waals surface area contributed by atoms with Crippen LogP contribution in [0.15, 0.2) is 121 Å². The molecule has 5 aromatic rings. The van der Waals surface area contributed by atoms with Crippen molar-refractivity contribution in [2.24, 2.45) is 0 Å². The summed E-state index contributed by atoms with van der Waals surface area (Å²) < 4.78 is 5.56. The maximum absolute atomic E-state index is 5.56. The number of anilines is 5. The molecule has 8 heteroatoms. The SMILES string of the molecule is COc1ccc(N(CCP(c2ccc(N(C)C)cc2)c2ccc(N(C)C)cc2)CCP(c2ccc(N(C)C)cc2)c2ccc(N(C)C)cc2)cc1. The molecule has 5 aromatic carbocycles. The third kappa shape index (κ3) is 9.97. The van der Waals surface area contributed by atoms with Gasteiger partial charge in [0.1, 0.15) is 5.75 Å². The Hall–Kier alpha value is -4.24. The minimum absolute atomic E-state index is 0.587. The van der Waals surface area contributed by atoms with Gasteiger partial charge in [-0.1, -0.05) is 48.5 Å². The average Bonchev–Trinajstić information content (AvgIpc) is 3.15. The van der Waals surface area contributed by atoms with E-state index >= 15 is 0 Å². The zero-order valence-electron chi connectivity index (χ0n) is 31.9. The molecule has 0 N–H and O–H groups in total. The Balaban J connectivity index is 1.47. The summed E-state index contributed by atoms with van der Waals surface area (Å²) >= 11 is 0. The molecule has 0 unspecified atom stereocenters. The first-order valence-electron chi connectivity index (χ1n) is 17.6. The number of rotatable bonds is 16. The van der Waals surface area contributed by atoms with Crippen LogP contribution < -0.4 is 50.5 Å². The number of ether oxygens (including phenoxy) is 1. The highest BCUT2D eigenvalue weighted by Gasteiger charge is 2.20. The molecule has 0 spiro atoms. The van der Waals surface area contributed by atoms with Crippen molar-refractivity contribution < 1.29 is 4.74 Å². The maximum atomic E-state index is 5.56. The third-order valence-electron chi connectivity index (χ3n) is 9.34. The molecule has 0 bridgehead atoms. The lowest BCUT2D eigenvalue weighted by Gasteiger charge is -2.30. The van der Waals surface area contributed by atoms with Gasteiger partial charge in [0.25, 0.3) is 0 Å². The quantitative estimate of drug-likeness (QED) is 0.102. The van der Waals surface area contributed by atoms with Crippen molar-refractivity contribution in [3.05, 3.63) is 121 Å². The molecule has 0 heterocycles. The lowest BCUT2D eigenvalue weighted by atomic mass is 10.2. The molecule has 51 heavy (non-hydrogen) atoms. The van der Waals surface area contributed by atoms with Crippen LogP contribution in [0, 0.1) is 0 Å². The topological polar surface area (TPSA) is 25.4 Å². The van der Waals surface area contributed by atoms with Gasteiger partial charge >= 0.3 is 0 Å². The predicted molar refractivity (Wildman–Crippen MR) is 230 cm³/mol. The first-order valence-corrected chi connectivity index (χ1v) is 20.6. The van der Waals surface area contributed by atoms with Crippen molar-refractivity contribution >= 4 is 65.5 Å². The van der Waals surface area contributed by atoms with Crippen molar-refractivity contribution in [2.75, 3.05) is 113 Å². The zero-order valence-corrected chi connectivity index (χ0v) is 33.7. The second kappa shape index (κ2) is 17.8. The largest absolute Gasteiger partial charge is 0.497 e. The van der Waals surface area contributed by atoms with Crippen molar-refractivity contribution in [1.29, 1.82) is 0 Å². The van der Waals surface area contributed by atoms with Gasteiger partial charge in [0, 0.05) is 97.9 Å². The van der Waals surface area contributed by atoms with Crippen LogP contribution >= 0.6 is 15.8 Å². The van der Waals surface area contributed by atoms with Gasteiger partial charge in [-0.05, 0) is 122 Å². The van der Waals surface area contributed by atoms with Crippen LogP contribution in [0.2, 0.25) is 0 Å². The Morgan fingerprint density at radius 2 is 0.627 bits per heavy atom. The molecular weight excluding hydrogens is 664 g/mol. The molecular formula is C43H55N5OP2. The Labute approximate surface area is 309 Å². The molecule has 0 aliphatic rings. The van der Waals surface area contributed by atoms with E-state index in [9.17, 15) is 0 Å². The summed E-state index contributed by atoms with van der Waals surface area (Å²) in [5.74, 6) is 0.882. The van der Waals surface area contributed by atoms with E-state index in [1.165, 1.54) is 49.7 Å². The first kappa shape index (κ1) is 38.0. The Morgan fingerprint density at radius 3 is 0.863 bits per heavy atom. The molecule has 268 valence electrons. The fourth-order valence-corrected chi connectivity index (χ4v) is 10.7. The van der Waals surface area contributed by atoms with Crippen LogP contribution in [0.3, 0.4) is 0 Å². The maximum Gasteiger partial charge on any atom is 0.119 e. The van der Waals surface area contributed by atoms with Gasteiger partial charge in [0.2, 0.25) is 0 Å². The van der Waals surface area contributed by atoms with Gasteiger partial charge in [0.05, 0.1) is 7.11 Å². The molecule has 0 amide bonds. The van der Waals surface area contributed by atoms with E-state index in [0.717, 1.165) is 31.2 Å². The van der Waals surface area contributed by atoms with Crippen LogP contribution in [-0.4, -0.2) is 88.9 Å². The fourth-order valence-electron chi connectivity index (χ4n) is 6.14. The number of hydrogen-bond acceptors (Lipinski definition) is 6. The standard InChI is InChI=1S/C43H55N5OP2/c1-44(2)34-12-22-40(23-13-34)50(41-24-14-35(15-25-41)45(3)4)32-30-48(38-10-20-39(49-9)21-11-38)31-33-51(42-26-16-36(17-27-42)46(5)6)43-28-18-37(19-29-43)47(7)8/h10-29H,30-33H2,1-9H3. The van der Waals surface area contributed by atoms with E-state index in [2.05, 4.69) is 202 Å². The molecule has 0 atom stereocenters. The van der Waals surface area contributed by atoms with Crippen LogP contribution in [0.4, 0.5) is 28.4 Å². The van der Waals surface area contributed by atoms with Crippen molar-refractivity contribution in [2.45, 2.75) is 0 Å². The number of methoxy groups -OCH3 is 1. The Kier molecular flexibility index (Phi) is 13.3. The zero-order chi connectivity index (χ0) is 36.5. The molecule has 0 aliphatic heterocycles. The number of hydrogen-bond donors (Lipinski definition) is 0. The summed E-state index contributed by atoms with van der Waals surface area (Å²) in [4.78, 5) is 11.3. The smallest absolute Gasteiger partial charge is 0.119 e. The predicted octanol–water partition coefficient (Wildman–Crippen LogP) is 7.03. The summed E-state index contributed by atoms with van der Waals surface area (Å²) in [6.45, 7) is 1.90. The molecule has 0 saturated heterocycles. The molecule has 0 saturated carbocycles. The molecule has 0 radical (unpaired) electrons. The lowest BCUT2D eigenvalue weighted by Crippen LogP contribution is -2.32. The van der Waals surface area contributed by atoms with Gasteiger partial charge in [0.15, 0.2) is 0 Å². The van der Waals surface area contributed by atoms with E-state index in [0.29, 0.717) is 0 Å². The second-order valence-electron chi connectivity index (χ2n) is 13.6. The highest BCUT2D eigenvalue weighted by Crippen LogP contribution is 2.38. The van der Waals surface area contributed by atoms with Crippen LogP contribution in [0.1, 0.15) is 0 Å². The van der Waals surface area contributed by atoms with Crippen LogP contribution in [-0.2, 0) is 0 Å². The van der Waals surface area contributed by atoms with Crippen LogP contribution in [0.5, 0.6) is 5.75 Å². The summed E-state index contributed by atoms with van der Waals surface area (Å²) in [7, 11) is 17.4. The highest BCUT2D eigenvalue weighted by atomic mass is 31.1. The molecule has 0 fully saturated rings. The summed E-state index contributed by atoms with van der Waals surface area (Å²) in [5, 5.41) is 5.64. The van der Waals surface area contributed by atoms with Gasteiger partial charge in [-0.2, -0.15) is 0 Å². The third-order valence-corrected chi connectivity index (χ3v) is 14.3. The second-order valence-corrected chi connectivity index (χ2v) is 18.3. The summed E-state index contributed by atoms with van der Waals surface area (Å²) in [6, 6.07) is 45.4. The minimum Gasteiger partial charge on any atom is -0.497 e. The first-order chi connectivity index (χ1) is 24.5. The molecule has 6 nitrogen and oxygen atoms in total. The van der Waals surface area contributed by atoms with Crippen molar-refractivity contribution in [1.82, 2.24) is 0 Å². The van der Waals surface area contributed by atoms with Gasteiger partial charge < -0.3 is 29.2 Å². The fraction of sp³-hybridized carbons (Fsp3) is 0.302. The van der Waals surface area contributed by atoms with E-state index in [4.69, 9.17) is 4.74 Å². The van der Waals surface area contributed by atoms with E-state index in [1.807, 2.05) is 0 Å².